The van der Waals surface area contributed by atoms with Gasteiger partial charge in [-0.25, -0.2) is 4.39 Å². The first-order valence-corrected chi connectivity index (χ1v) is 12.3. The number of hydrogen-bond donors (Lipinski definition) is 2. The van der Waals surface area contributed by atoms with E-state index >= 15 is 4.39 Å². The van der Waals surface area contributed by atoms with Gasteiger partial charge in [-0.15, -0.1) is 0 Å². The summed E-state index contributed by atoms with van der Waals surface area (Å²) < 4.78 is 32.0. The molecule has 8 nitrogen and oxygen atoms in total. The summed E-state index contributed by atoms with van der Waals surface area (Å²) in [6.45, 7) is 3.80. The fourth-order valence-corrected chi connectivity index (χ4v) is 7.66. The van der Waals surface area contributed by atoms with Gasteiger partial charge in [0.05, 0.1) is 13.9 Å². The standard InChI is InChI=1S/C22H30FO8P.2Na/c1-12-8-16-15-5-4-13-9-14(24)6-7-19(13,2)21(15,23)17(25)10-20(16,3)22(12,27)18(26)11-31-32(28,29)30;;/h6-7,9,12,15-17,25,27H,4-5,8,10-11H2,1-3H3,(H2,28,29,30);;/q;2*+1/p-2/t12?,15-,16-,17?,19-,20-,21-,22-;;/m0../s1. The fraction of sp³-hybridized carbons (Fsp3) is 0.727. The van der Waals surface area contributed by atoms with E-state index in [1.165, 1.54) is 18.2 Å². The van der Waals surface area contributed by atoms with Gasteiger partial charge >= 0.3 is 59.1 Å². The zero-order valence-electron chi connectivity index (χ0n) is 20.2. The topological polar surface area (TPSA) is 147 Å². The molecule has 0 amide bonds. The van der Waals surface area contributed by atoms with Crippen LogP contribution < -0.4 is 68.9 Å². The van der Waals surface area contributed by atoms with Gasteiger partial charge in [0.15, 0.2) is 17.2 Å². The van der Waals surface area contributed by atoms with Crippen molar-refractivity contribution in [1.82, 2.24) is 0 Å². The third-order valence-corrected chi connectivity index (χ3v) is 9.45. The zero-order valence-corrected chi connectivity index (χ0v) is 25.1. The first-order chi connectivity index (χ1) is 14.6. The van der Waals surface area contributed by atoms with Gasteiger partial charge in [-0.3, -0.25) is 9.59 Å². The second-order valence-electron chi connectivity index (χ2n) is 10.3. The van der Waals surface area contributed by atoms with Crippen molar-refractivity contribution in [2.24, 2.45) is 28.6 Å². The van der Waals surface area contributed by atoms with Crippen LogP contribution in [0.2, 0.25) is 0 Å². The van der Waals surface area contributed by atoms with Gasteiger partial charge in [-0.1, -0.05) is 25.5 Å². The molecular formula is C22H28FNa2O8P. The Morgan fingerprint density at radius 1 is 1.29 bits per heavy atom. The van der Waals surface area contributed by atoms with Gasteiger partial charge in [0.2, 0.25) is 0 Å². The smallest absolute Gasteiger partial charge is 0.790 e. The molecule has 2 N–H and O–H groups in total. The number of phosphoric acid groups is 1. The Balaban J connectivity index is 0.00000204. The second-order valence-corrected chi connectivity index (χ2v) is 11.5. The van der Waals surface area contributed by atoms with Crippen LogP contribution in [-0.2, 0) is 18.7 Å². The SMILES string of the molecule is CC1C[C@H]2[C@@H]3CCC4=CC(=O)C=C[C@]4(C)[C@@]3(F)C(O)C[C@]2(C)[C@@]1(O)C(=O)COP(=O)([O-])[O-].[Na+].[Na+]. The molecule has 4 rings (SSSR count). The Morgan fingerprint density at radius 3 is 2.50 bits per heavy atom. The van der Waals surface area contributed by atoms with Crippen LogP contribution in [0, 0.1) is 28.6 Å². The third kappa shape index (κ3) is 4.20. The molecule has 4 aliphatic rings. The Labute approximate surface area is 242 Å². The number of carbonyl (C=O) groups excluding carboxylic acids is 2. The number of carbonyl (C=O) groups is 2. The molecule has 0 saturated heterocycles. The first kappa shape index (κ1) is 31.0. The Hall–Kier alpha value is 0.780. The van der Waals surface area contributed by atoms with Crippen molar-refractivity contribution in [2.45, 2.75) is 63.8 Å². The van der Waals surface area contributed by atoms with E-state index in [-0.39, 0.29) is 77.7 Å². The molecule has 0 aromatic carbocycles. The van der Waals surface area contributed by atoms with Crippen molar-refractivity contribution in [3.05, 3.63) is 23.8 Å². The zero-order chi connectivity index (χ0) is 23.9. The molecule has 0 aromatic rings. The molecule has 2 unspecified atom stereocenters. The van der Waals surface area contributed by atoms with Gasteiger partial charge in [0.1, 0.15) is 12.2 Å². The molecule has 3 fully saturated rings. The molecule has 0 aliphatic heterocycles. The van der Waals surface area contributed by atoms with Crippen LogP contribution in [0.1, 0.15) is 46.5 Å². The van der Waals surface area contributed by atoms with E-state index in [0.717, 1.165) is 0 Å². The second kappa shape index (κ2) is 9.83. The van der Waals surface area contributed by atoms with E-state index in [1.807, 2.05) is 0 Å². The van der Waals surface area contributed by atoms with E-state index < -0.39 is 66.2 Å². The summed E-state index contributed by atoms with van der Waals surface area (Å²) in [6, 6.07) is 0. The Morgan fingerprint density at radius 2 is 1.91 bits per heavy atom. The summed E-state index contributed by atoms with van der Waals surface area (Å²) in [5.74, 6) is -3.06. The van der Waals surface area contributed by atoms with E-state index in [0.29, 0.717) is 18.4 Å². The average molecular weight is 516 g/mol. The Kier molecular flexibility index (Phi) is 8.96. The number of halogens is 1. The van der Waals surface area contributed by atoms with Crippen molar-refractivity contribution >= 4 is 19.4 Å². The first-order valence-electron chi connectivity index (χ1n) is 10.8. The molecule has 178 valence electrons. The average Bonchev–Trinajstić information content (AvgIpc) is 2.89. The number of alkyl halides is 1. The summed E-state index contributed by atoms with van der Waals surface area (Å²) in [5.41, 5.74) is -6.03. The number of fused-ring (bicyclic) bond motifs is 5. The van der Waals surface area contributed by atoms with Crippen molar-refractivity contribution in [2.75, 3.05) is 6.61 Å². The molecule has 12 heteroatoms. The van der Waals surface area contributed by atoms with Crippen LogP contribution in [0.15, 0.2) is 23.8 Å². The monoisotopic (exact) mass is 516 g/mol. The number of Topliss-reactive ketones (excluding diaryl/α,β-unsaturated/α-hetero) is 1. The molecule has 0 radical (unpaired) electrons. The van der Waals surface area contributed by atoms with Crippen LogP contribution in [0.4, 0.5) is 4.39 Å². The summed E-state index contributed by atoms with van der Waals surface area (Å²) in [5, 5.41) is 22.8. The predicted octanol–water partition coefficient (Wildman–Crippen LogP) is -5.24. The van der Waals surface area contributed by atoms with Crippen molar-refractivity contribution in [3.63, 3.8) is 0 Å². The molecule has 34 heavy (non-hydrogen) atoms. The number of ketones is 2. The van der Waals surface area contributed by atoms with E-state index in [1.54, 1.807) is 20.8 Å². The molecular weight excluding hydrogens is 488 g/mol. The molecule has 0 spiro atoms. The minimum Gasteiger partial charge on any atom is -0.790 e. The maximum absolute atomic E-state index is 17.0. The molecule has 0 aromatic heterocycles. The molecule has 3 saturated carbocycles. The number of aliphatic hydroxyl groups is 2. The predicted molar refractivity (Wildman–Crippen MR) is 106 cm³/mol. The molecule has 0 heterocycles. The number of aliphatic hydroxyl groups excluding tert-OH is 1. The van der Waals surface area contributed by atoms with E-state index in [2.05, 4.69) is 4.52 Å². The maximum atomic E-state index is 17.0. The minimum absolute atomic E-state index is 0. The van der Waals surface area contributed by atoms with Gasteiger partial charge in [0.25, 0.3) is 0 Å². The van der Waals surface area contributed by atoms with E-state index in [4.69, 9.17) is 0 Å². The van der Waals surface area contributed by atoms with Crippen LogP contribution in [-0.4, -0.2) is 45.8 Å². The third-order valence-electron chi connectivity index (χ3n) is 9.00. The normalized spacial score (nSPS) is 45.2. The fourth-order valence-electron chi connectivity index (χ4n) is 7.39. The number of phosphoric ester groups is 1. The van der Waals surface area contributed by atoms with Gasteiger partial charge in [-0.05, 0) is 56.6 Å². The van der Waals surface area contributed by atoms with Crippen molar-refractivity contribution < 1.29 is 102 Å². The van der Waals surface area contributed by atoms with Crippen LogP contribution >= 0.6 is 7.82 Å². The van der Waals surface area contributed by atoms with Crippen molar-refractivity contribution in [3.8, 4) is 0 Å². The van der Waals surface area contributed by atoms with Gasteiger partial charge < -0.3 is 29.1 Å². The van der Waals surface area contributed by atoms with Gasteiger partial charge in [0, 0.05) is 16.7 Å². The quantitative estimate of drug-likeness (QED) is 0.279. The molecule has 4 aliphatic carbocycles. The number of rotatable bonds is 4. The maximum Gasteiger partial charge on any atom is 1.00 e. The summed E-state index contributed by atoms with van der Waals surface area (Å²) in [4.78, 5) is 46.6. The van der Waals surface area contributed by atoms with Gasteiger partial charge in [-0.2, -0.15) is 0 Å². The largest absolute Gasteiger partial charge is 1.00 e. The Bertz CT molecular complexity index is 984. The van der Waals surface area contributed by atoms with Crippen molar-refractivity contribution in [1.29, 1.82) is 0 Å². The summed E-state index contributed by atoms with van der Waals surface area (Å²) in [6.07, 6.45) is 3.54. The van der Waals surface area contributed by atoms with Crippen LogP contribution in [0.5, 0.6) is 0 Å². The van der Waals surface area contributed by atoms with E-state index in [9.17, 15) is 34.2 Å². The van der Waals surface area contributed by atoms with Crippen LogP contribution in [0.25, 0.3) is 0 Å². The summed E-state index contributed by atoms with van der Waals surface area (Å²) >= 11 is 0. The minimum atomic E-state index is -5.43. The number of allylic oxidation sites excluding steroid dienone is 4. The van der Waals surface area contributed by atoms with Crippen LogP contribution in [0.3, 0.4) is 0 Å². The molecule has 8 atom stereocenters. The molecule has 0 bridgehead atoms. The number of hydrogen-bond acceptors (Lipinski definition) is 8. The summed E-state index contributed by atoms with van der Waals surface area (Å²) in [7, 11) is -5.43.